The Bertz CT molecular complexity index is 1470. The van der Waals surface area contributed by atoms with Gasteiger partial charge in [-0.1, -0.05) is 59.7 Å². The minimum Gasteiger partial charge on any atom is -0.402 e. The number of halogens is 1. The van der Waals surface area contributed by atoms with E-state index in [2.05, 4.69) is 20.5 Å². The number of rotatable bonds is 5. The summed E-state index contributed by atoms with van der Waals surface area (Å²) >= 11 is 0. The molecule has 0 aliphatic carbocycles. The van der Waals surface area contributed by atoms with Crippen molar-refractivity contribution in [1.82, 2.24) is 15.2 Å². The third kappa shape index (κ3) is 4.70. The third-order valence-corrected chi connectivity index (χ3v) is 6.32. The summed E-state index contributed by atoms with van der Waals surface area (Å²) in [7, 11) is 0. The molecular formula is C27H23FN6O3. The molecule has 2 aromatic heterocycles. The number of pyridine rings is 1. The molecule has 0 bridgehead atoms. The molecule has 186 valence electrons. The number of morpholine rings is 1. The predicted octanol–water partition coefficient (Wildman–Crippen LogP) is 3.51. The average molecular weight is 499 g/mol. The zero-order chi connectivity index (χ0) is 25.2. The maximum atomic E-state index is 14.1. The normalized spacial score (nSPS) is 17.6. The molecule has 2 aromatic carbocycles. The fourth-order valence-electron chi connectivity index (χ4n) is 4.53. The van der Waals surface area contributed by atoms with Gasteiger partial charge in [-0.05, 0) is 5.56 Å². The number of ether oxygens (including phenoxy) is 1. The van der Waals surface area contributed by atoms with Crippen LogP contribution in [-0.2, 0) is 16.0 Å². The number of carbonyl (C=O) groups is 1. The van der Waals surface area contributed by atoms with Crippen molar-refractivity contribution in [2.75, 3.05) is 36.5 Å². The topological polar surface area (TPSA) is 106 Å². The van der Waals surface area contributed by atoms with Crippen molar-refractivity contribution in [3.63, 3.8) is 0 Å². The van der Waals surface area contributed by atoms with Crippen molar-refractivity contribution in [3.05, 3.63) is 89.4 Å². The zero-order valence-corrected chi connectivity index (χ0v) is 19.8. The Hall–Kier alpha value is -4.44. The van der Waals surface area contributed by atoms with Gasteiger partial charge in [0.1, 0.15) is 5.82 Å². The molecule has 37 heavy (non-hydrogen) atoms. The first-order chi connectivity index (χ1) is 18.2. The number of hydrogen-bond donors (Lipinski definition) is 1. The molecule has 9 nitrogen and oxygen atoms in total. The van der Waals surface area contributed by atoms with Gasteiger partial charge in [0.05, 0.1) is 30.8 Å². The van der Waals surface area contributed by atoms with E-state index in [1.54, 1.807) is 0 Å². The molecule has 2 aliphatic rings. The standard InChI is InChI=1S/C27H23FN6O3/c28-19-15-21(34-10-12-36-13-11-34)24(29-16-19)26-32-33-27(37-26)31-25-22(35)14-18-8-4-5-9-20(18)23(30-25)17-6-2-1-3-7-17/h1-9,15-16,25H,10-14H2,(H,31,33)/t25-/m1/s1. The number of anilines is 2. The fraction of sp³-hybridized carbons (Fsp3) is 0.222. The summed E-state index contributed by atoms with van der Waals surface area (Å²) in [5.41, 5.74) is 4.31. The number of benzene rings is 2. The molecule has 0 saturated carbocycles. The number of carbonyl (C=O) groups excluding carboxylic acids is 1. The van der Waals surface area contributed by atoms with Gasteiger partial charge in [0.15, 0.2) is 17.6 Å². The molecule has 0 radical (unpaired) electrons. The molecule has 6 rings (SSSR count). The Morgan fingerprint density at radius 1 is 1.00 bits per heavy atom. The van der Waals surface area contributed by atoms with Gasteiger partial charge in [0.25, 0.3) is 5.89 Å². The summed E-state index contributed by atoms with van der Waals surface area (Å²) < 4.78 is 25.3. The molecule has 0 spiro atoms. The van der Waals surface area contributed by atoms with E-state index in [1.807, 2.05) is 59.5 Å². The average Bonchev–Trinajstić information content (AvgIpc) is 3.35. The molecule has 0 unspecified atom stereocenters. The highest BCUT2D eigenvalue weighted by Crippen LogP contribution is 2.30. The Kier molecular flexibility index (Phi) is 6.15. The first-order valence-corrected chi connectivity index (χ1v) is 12.0. The predicted molar refractivity (Wildman–Crippen MR) is 135 cm³/mol. The van der Waals surface area contributed by atoms with Crippen molar-refractivity contribution in [3.8, 4) is 11.6 Å². The Balaban J connectivity index is 1.32. The summed E-state index contributed by atoms with van der Waals surface area (Å²) in [6.07, 6.45) is 0.379. The summed E-state index contributed by atoms with van der Waals surface area (Å²) in [6.45, 7) is 2.23. The van der Waals surface area contributed by atoms with E-state index in [0.717, 1.165) is 22.9 Å². The smallest absolute Gasteiger partial charge is 0.317 e. The SMILES string of the molecule is O=C1Cc2ccccc2C(c2ccccc2)=N[C@@H]1Nc1nnc(-c2ncc(F)cc2N2CCOCC2)o1. The number of Topliss-reactive ketones (excluding diaryl/α,β-unsaturated/α-hetero) is 1. The number of nitrogens with one attached hydrogen (secondary N) is 1. The van der Waals surface area contributed by atoms with Crippen LogP contribution in [0.1, 0.15) is 16.7 Å². The van der Waals surface area contributed by atoms with E-state index in [1.165, 1.54) is 6.07 Å². The zero-order valence-electron chi connectivity index (χ0n) is 19.8. The van der Waals surface area contributed by atoms with E-state index in [9.17, 15) is 9.18 Å². The lowest BCUT2D eigenvalue weighted by molar-refractivity contribution is -0.119. The quantitative estimate of drug-likeness (QED) is 0.446. The minimum atomic E-state index is -0.934. The van der Waals surface area contributed by atoms with E-state index < -0.39 is 12.0 Å². The summed E-state index contributed by atoms with van der Waals surface area (Å²) in [6, 6.07) is 18.9. The highest BCUT2D eigenvalue weighted by Gasteiger charge is 2.28. The molecular weight excluding hydrogens is 475 g/mol. The monoisotopic (exact) mass is 498 g/mol. The fourth-order valence-corrected chi connectivity index (χ4v) is 4.53. The van der Waals surface area contributed by atoms with Crippen LogP contribution in [0.2, 0.25) is 0 Å². The summed E-state index contributed by atoms with van der Waals surface area (Å²) in [5, 5.41) is 11.2. The Morgan fingerprint density at radius 3 is 2.62 bits per heavy atom. The second-order valence-corrected chi connectivity index (χ2v) is 8.72. The van der Waals surface area contributed by atoms with Crippen LogP contribution in [0, 0.1) is 5.82 Å². The number of aromatic nitrogens is 3. The lowest BCUT2D eigenvalue weighted by atomic mass is 9.96. The first kappa shape index (κ1) is 23.0. The van der Waals surface area contributed by atoms with Crippen LogP contribution in [0.15, 0.2) is 76.3 Å². The van der Waals surface area contributed by atoms with Crippen molar-refractivity contribution >= 4 is 23.2 Å². The van der Waals surface area contributed by atoms with Crippen LogP contribution >= 0.6 is 0 Å². The van der Waals surface area contributed by atoms with Crippen LogP contribution < -0.4 is 10.2 Å². The number of ketones is 1. The van der Waals surface area contributed by atoms with E-state index in [4.69, 9.17) is 14.1 Å². The van der Waals surface area contributed by atoms with Gasteiger partial charge < -0.3 is 19.4 Å². The molecule has 1 fully saturated rings. The summed E-state index contributed by atoms with van der Waals surface area (Å²) in [4.78, 5) is 24.2. The molecule has 1 atom stereocenters. The molecule has 1 N–H and O–H groups in total. The van der Waals surface area contributed by atoms with Gasteiger partial charge in [-0.2, -0.15) is 0 Å². The lowest BCUT2D eigenvalue weighted by Gasteiger charge is -2.29. The lowest BCUT2D eigenvalue weighted by Crippen LogP contribution is -2.36. The number of hydrogen-bond acceptors (Lipinski definition) is 9. The molecule has 4 aromatic rings. The van der Waals surface area contributed by atoms with Gasteiger partial charge in [-0.3, -0.25) is 9.79 Å². The molecule has 4 heterocycles. The van der Waals surface area contributed by atoms with Crippen molar-refractivity contribution in [1.29, 1.82) is 0 Å². The number of fused-ring (bicyclic) bond motifs is 1. The molecule has 1 saturated heterocycles. The third-order valence-electron chi connectivity index (χ3n) is 6.32. The summed E-state index contributed by atoms with van der Waals surface area (Å²) in [5.74, 6) is -0.484. The van der Waals surface area contributed by atoms with Gasteiger partial charge in [-0.25, -0.2) is 9.37 Å². The maximum Gasteiger partial charge on any atom is 0.317 e. The Morgan fingerprint density at radius 2 is 1.78 bits per heavy atom. The molecule has 2 aliphatic heterocycles. The highest BCUT2D eigenvalue weighted by molar-refractivity contribution is 6.16. The van der Waals surface area contributed by atoms with E-state index in [-0.39, 0.29) is 24.1 Å². The van der Waals surface area contributed by atoms with E-state index >= 15 is 0 Å². The second kappa shape index (κ2) is 9.90. The largest absolute Gasteiger partial charge is 0.402 e. The van der Waals surface area contributed by atoms with Gasteiger partial charge >= 0.3 is 6.01 Å². The van der Waals surface area contributed by atoms with Crippen molar-refractivity contribution in [2.45, 2.75) is 12.6 Å². The van der Waals surface area contributed by atoms with Crippen LogP contribution in [0.5, 0.6) is 0 Å². The van der Waals surface area contributed by atoms with Crippen LogP contribution in [0.4, 0.5) is 16.1 Å². The van der Waals surface area contributed by atoms with Crippen LogP contribution in [0.3, 0.4) is 0 Å². The van der Waals surface area contributed by atoms with Gasteiger partial charge in [0.2, 0.25) is 0 Å². The van der Waals surface area contributed by atoms with Crippen LogP contribution in [0.25, 0.3) is 11.6 Å². The van der Waals surface area contributed by atoms with Crippen LogP contribution in [-0.4, -0.2) is 59.1 Å². The van der Waals surface area contributed by atoms with Gasteiger partial charge in [0, 0.05) is 36.7 Å². The minimum absolute atomic E-state index is 0.0227. The van der Waals surface area contributed by atoms with Crippen molar-refractivity contribution in [2.24, 2.45) is 4.99 Å². The van der Waals surface area contributed by atoms with E-state index in [0.29, 0.717) is 43.4 Å². The Labute approximate surface area is 212 Å². The maximum absolute atomic E-state index is 14.1. The molecule has 10 heteroatoms. The highest BCUT2D eigenvalue weighted by atomic mass is 19.1. The second-order valence-electron chi connectivity index (χ2n) is 8.72. The number of nitrogens with zero attached hydrogens (tertiary/aromatic N) is 5. The first-order valence-electron chi connectivity index (χ1n) is 12.0. The van der Waals surface area contributed by atoms with Crippen molar-refractivity contribution < 1.29 is 18.3 Å². The van der Waals surface area contributed by atoms with Gasteiger partial charge in [-0.15, -0.1) is 5.10 Å². The molecule has 0 amide bonds. The number of aliphatic imine (C=N–C) groups is 1.